The van der Waals surface area contributed by atoms with Crippen LogP contribution in [-0.4, -0.2) is 16.5 Å². The van der Waals surface area contributed by atoms with Crippen molar-refractivity contribution in [2.45, 2.75) is 0 Å². The third-order valence-electron chi connectivity index (χ3n) is 0.211. The van der Waals surface area contributed by atoms with Gasteiger partial charge in [0.25, 0.3) is 0 Å². The Kier molecular flexibility index (Phi) is 2.47. The van der Waals surface area contributed by atoms with Gasteiger partial charge in [0.05, 0.1) is 0 Å². The monoisotopic (exact) mass is 140 g/mol. The average molecular weight is 140 g/mol. The maximum atomic E-state index is 9.57. The van der Waals surface area contributed by atoms with Gasteiger partial charge in [0.1, 0.15) is 0 Å². The molecule has 0 amide bonds. The number of hydrogen-bond donors (Lipinski definition) is 1. The van der Waals surface area contributed by atoms with E-state index in [1.807, 2.05) is 0 Å². The summed E-state index contributed by atoms with van der Waals surface area (Å²) < 4.78 is 26.8. The van der Waals surface area contributed by atoms with Gasteiger partial charge in [-0.15, -0.1) is 0 Å². The molecule has 34 valence electrons. The van der Waals surface area contributed by atoms with Crippen LogP contribution in [0.5, 0.6) is 0 Å². The zero-order valence-corrected chi connectivity index (χ0v) is 5.58. The van der Waals surface area contributed by atoms with Crippen LogP contribution in [0.4, 0.5) is 0 Å². The van der Waals surface area contributed by atoms with Crippen LogP contribution in [0.1, 0.15) is 0 Å². The summed E-state index contributed by atoms with van der Waals surface area (Å²) in [6.07, 6.45) is 0. The predicted octanol–water partition coefficient (Wildman–Crippen LogP) is -0.621. The zero-order chi connectivity index (χ0) is 5.21. The Hall–Kier alpha value is 0.780. The summed E-state index contributed by atoms with van der Waals surface area (Å²) in [5.74, 6) is 0. The molecule has 0 saturated heterocycles. The normalized spacial score (nSPS) is 11.3. The molecule has 0 aromatic rings. The molecule has 0 bridgehead atoms. The first-order valence-electron chi connectivity index (χ1n) is 1.21. The molecule has 0 saturated carbocycles. The molecular weight excluding hydrogens is 137 g/mol. The van der Waals surface area contributed by atoms with Crippen LogP contribution < -0.4 is 0 Å². The van der Waals surface area contributed by atoms with E-state index in [1.165, 1.54) is 0 Å². The summed E-state index contributed by atoms with van der Waals surface area (Å²) in [6, 6.07) is 0. The first-order chi connectivity index (χ1) is 2.56. The van der Waals surface area contributed by atoms with Gasteiger partial charge in [-0.2, -0.15) is 0 Å². The second-order valence-electron chi connectivity index (χ2n) is 0.749. The van der Waals surface area contributed by atoms with Crippen LogP contribution in [0.2, 0.25) is 0 Å². The molecule has 0 aliphatic rings. The van der Waals surface area contributed by atoms with Gasteiger partial charge in [0.2, 0.25) is 0 Å². The molecule has 1 N–H and O–H groups in total. The summed E-state index contributed by atoms with van der Waals surface area (Å²) in [5, 5.41) is 0. The van der Waals surface area contributed by atoms with Crippen LogP contribution in [-0.2, 0) is 34.5 Å². The molecule has 0 radical (unpaired) electrons. The fraction of sp³-hybridized carbons (Fsp3) is 1.00. The second-order valence-corrected chi connectivity index (χ2v) is 3.81. The molecule has 0 unspecified atom stereocenters. The van der Waals surface area contributed by atoms with Crippen molar-refractivity contribution in [3.05, 3.63) is 0 Å². The third kappa shape index (κ3) is 4.78. The zero-order valence-electron chi connectivity index (χ0n) is 2.96. The summed E-state index contributed by atoms with van der Waals surface area (Å²) >= 11 is 0.983. The Morgan fingerprint density at radius 1 is 1.67 bits per heavy atom. The summed E-state index contributed by atoms with van der Waals surface area (Å²) in [5.41, 5.74) is 0. The van der Waals surface area contributed by atoms with E-state index in [-0.39, 0.29) is 3.51 Å². The molecule has 0 fully saturated rings. The molecular formula is CH3O3SSc. The topological polar surface area (TPSA) is 54.4 Å². The number of rotatable bonds is 1. The summed E-state index contributed by atoms with van der Waals surface area (Å²) in [7, 11) is -3.63. The molecule has 0 rings (SSSR count). The van der Waals surface area contributed by atoms with Gasteiger partial charge in [0, 0.05) is 0 Å². The molecule has 5 heteroatoms. The van der Waals surface area contributed by atoms with Crippen molar-refractivity contribution in [1.29, 1.82) is 0 Å². The Morgan fingerprint density at radius 2 is 1.83 bits per heavy atom. The van der Waals surface area contributed by atoms with Crippen LogP contribution in [0, 0.1) is 0 Å². The summed E-state index contributed by atoms with van der Waals surface area (Å²) in [4.78, 5) is 0. The van der Waals surface area contributed by atoms with Crippen LogP contribution >= 0.6 is 0 Å². The first-order valence-corrected chi connectivity index (χ1v) is 4.10. The van der Waals surface area contributed by atoms with E-state index in [0.29, 0.717) is 0 Å². The molecule has 0 heterocycles. The average Bonchev–Trinajstić information content (AvgIpc) is 1.35. The fourth-order valence-electron chi connectivity index (χ4n) is 0. The predicted molar refractivity (Wildman–Crippen MR) is 16.4 cm³/mol. The third-order valence-corrected chi connectivity index (χ3v) is 2.61. The van der Waals surface area contributed by atoms with Crippen LogP contribution in [0.25, 0.3) is 0 Å². The van der Waals surface area contributed by atoms with Crippen LogP contribution in [0.3, 0.4) is 0 Å². The Bertz CT molecular complexity index is 113. The molecule has 0 spiro atoms. The van der Waals surface area contributed by atoms with Gasteiger partial charge in [-0.25, -0.2) is 0 Å². The fourth-order valence-corrected chi connectivity index (χ4v) is 0. The van der Waals surface area contributed by atoms with Crippen molar-refractivity contribution in [1.82, 2.24) is 0 Å². The van der Waals surface area contributed by atoms with E-state index >= 15 is 0 Å². The molecule has 0 aromatic heterocycles. The van der Waals surface area contributed by atoms with Gasteiger partial charge in [-0.3, -0.25) is 0 Å². The van der Waals surface area contributed by atoms with E-state index in [9.17, 15) is 8.42 Å². The molecule has 6 heavy (non-hydrogen) atoms. The Balaban J connectivity index is 3.85. The quantitative estimate of drug-likeness (QED) is 0.494. The standard InChI is InChI=1S/CH3O3S.Sc/c1-5(2,3)4;/h1H2,(H,2,3,4);. The minimum atomic E-state index is -3.63. The number of hydrogen-bond acceptors (Lipinski definition) is 2. The van der Waals surface area contributed by atoms with E-state index in [4.69, 9.17) is 4.55 Å². The van der Waals surface area contributed by atoms with Crippen LogP contribution in [0.15, 0.2) is 0 Å². The van der Waals surface area contributed by atoms with E-state index < -0.39 is 10.1 Å². The minimum absolute atomic E-state index is 0.139. The van der Waals surface area contributed by atoms with Gasteiger partial charge in [-0.1, -0.05) is 0 Å². The Labute approximate surface area is 51.1 Å². The van der Waals surface area contributed by atoms with E-state index in [0.717, 1.165) is 24.4 Å². The van der Waals surface area contributed by atoms with Gasteiger partial charge in [-0.05, 0) is 0 Å². The van der Waals surface area contributed by atoms with E-state index in [1.54, 1.807) is 0 Å². The van der Waals surface area contributed by atoms with Gasteiger partial charge < -0.3 is 0 Å². The van der Waals surface area contributed by atoms with Crippen molar-refractivity contribution in [3.63, 3.8) is 0 Å². The van der Waals surface area contributed by atoms with Gasteiger partial charge >= 0.3 is 51.0 Å². The summed E-state index contributed by atoms with van der Waals surface area (Å²) in [6.45, 7) is 0. The molecule has 0 aliphatic heterocycles. The van der Waals surface area contributed by atoms with Gasteiger partial charge in [0.15, 0.2) is 0 Å². The molecule has 3 nitrogen and oxygen atoms in total. The van der Waals surface area contributed by atoms with Crippen molar-refractivity contribution < 1.29 is 37.3 Å². The molecule has 0 aliphatic carbocycles. The SMILES string of the molecule is O=S(=O)(O)[CH2][Sc]. The second kappa shape index (κ2) is 2.18. The van der Waals surface area contributed by atoms with Crippen molar-refractivity contribution in [2.75, 3.05) is 3.51 Å². The molecule has 0 atom stereocenters. The maximum absolute atomic E-state index is 9.57. The Morgan fingerprint density at radius 3 is 1.83 bits per heavy atom. The molecule has 0 aromatic carbocycles. The van der Waals surface area contributed by atoms with Crippen molar-refractivity contribution in [3.8, 4) is 0 Å². The first kappa shape index (κ1) is 6.78. The van der Waals surface area contributed by atoms with E-state index in [2.05, 4.69) is 0 Å². The van der Waals surface area contributed by atoms with Crippen molar-refractivity contribution in [2.24, 2.45) is 0 Å². The van der Waals surface area contributed by atoms with Crippen molar-refractivity contribution >= 4 is 10.1 Å².